The lowest BCUT2D eigenvalue weighted by atomic mass is 9.98. The molecule has 2 aromatic rings. The van der Waals surface area contributed by atoms with Crippen molar-refractivity contribution >= 4 is 33.2 Å². The van der Waals surface area contributed by atoms with Crippen LogP contribution >= 0.6 is 0 Å². The summed E-state index contributed by atoms with van der Waals surface area (Å²) < 4.78 is 33.4. The van der Waals surface area contributed by atoms with Crippen LogP contribution in [0.4, 0.5) is 11.4 Å². The van der Waals surface area contributed by atoms with Gasteiger partial charge in [0.1, 0.15) is 5.75 Å². The minimum atomic E-state index is -3.76. The van der Waals surface area contributed by atoms with E-state index in [1.54, 1.807) is 54.5 Å². The fraction of sp³-hybridized carbons (Fsp3) is 0.417. The number of hydrogen-bond acceptors (Lipinski definition) is 5. The molecule has 2 amide bonds. The normalized spacial score (nSPS) is 20.9. The standard InChI is InChI=1S/C24H29N3O5S/c1-16-12-19-13-22(9-10-23(19)27(16)17(2)28)33(30,31)26-11-5-6-18(15-26)24(29)25-20-7-4-8-21(14-20)32-3/h4,7-10,13-14,16,18H,5-6,11-12,15H2,1-3H3,(H,25,29)/t16-,18+/m0/s1. The van der Waals surface area contributed by atoms with Crippen LogP contribution in [0.15, 0.2) is 47.4 Å². The molecule has 8 nitrogen and oxygen atoms in total. The fourth-order valence-corrected chi connectivity index (χ4v) is 6.29. The van der Waals surface area contributed by atoms with E-state index in [1.165, 1.54) is 11.2 Å². The highest BCUT2D eigenvalue weighted by Gasteiger charge is 2.35. The third-order valence-corrected chi connectivity index (χ3v) is 8.20. The monoisotopic (exact) mass is 471 g/mol. The maximum absolute atomic E-state index is 13.4. The summed E-state index contributed by atoms with van der Waals surface area (Å²) in [6.45, 7) is 3.97. The molecule has 0 saturated carbocycles. The van der Waals surface area contributed by atoms with Crippen LogP contribution in [0.25, 0.3) is 0 Å². The maximum atomic E-state index is 13.4. The Hall–Kier alpha value is -2.91. The minimum Gasteiger partial charge on any atom is -0.497 e. The van der Waals surface area contributed by atoms with Crippen molar-refractivity contribution in [1.82, 2.24) is 4.31 Å². The highest BCUT2D eigenvalue weighted by atomic mass is 32.2. The maximum Gasteiger partial charge on any atom is 0.243 e. The number of ether oxygens (including phenoxy) is 1. The number of carbonyl (C=O) groups is 2. The van der Waals surface area contributed by atoms with Crippen molar-refractivity contribution in [2.75, 3.05) is 30.4 Å². The summed E-state index contributed by atoms with van der Waals surface area (Å²) in [6, 6.07) is 12.0. The van der Waals surface area contributed by atoms with Crippen molar-refractivity contribution in [2.45, 2.75) is 44.0 Å². The second-order valence-corrected chi connectivity index (χ2v) is 10.6. The summed E-state index contributed by atoms with van der Waals surface area (Å²) >= 11 is 0. The second-order valence-electron chi connectivity index (χ2n) is 8.66. The molecular formula is C24H29N3O5S. The number of hydrogen-bond donors (Lipinski definition) is 1. The Morgan fingerprint density at radius 1 is 1.15 bits per heavy atom. The van der Waals surface area contributed by atoms with Crippen LogP contribution in [0, 0.1) is 5.92 Å². The third-order valence-electron chi connectivity index (χ3n) is 6.34. The first kappa shape index (κ1) is 23.3. The molecule has 2 atom stereocenters. The average molecular weight is 472 g/mol. The lowest BCUT2D eigenvalue weighted by Crippen LogP contribution is -2.43. The number of nitrogens with one attached hydrogen (secondary N) is 1. The highest BCUT2D eigenvalue weighted by Crippen LogP contribution is 2.35. The van der Waals surface area contributed by atoms with E-state index in [0.717, 1.165) is 11.3 Å². The molecule has 2 heterocycles. The van der Waals surface area contributed by atoms with Crippen molar-refractivity contribution in [2.24, 2.45) is 5.92 Å². The topological polar surface area (TPSA) is 96.0 Å². The van der Waals surface area contributed by atoms with Gasteiger partial charge in [0.25, 0.3) is 0 Å². The SMILES string of the molecule is COc1cccc(NC(=O)[C@@H]2CCCN(S(=O)(=O)c3ccc4c(c3)C[C@H](C)N4C(C)=O)C2)c1. The molecule has 1 N–H and O–H groups in total. The average Bonchev–Trinajstić information content (AvgIpc) is 3.14. The van der Waals surface area contributed by atoms with E-state index in [4.69, 9.17) is 4.74 Å². The predicted molar refractivity (Wildman–Crippen MR) is 126 cm³/mol. The summed E-state index contributed by atoms with van der Waals surface area (Å²) in [6.07, 6.45) is 1.84. The first-order valence-electron chi connectivity index (χ1n) is 11.1. The van der Waals surface area contributed by atoms with Gasteiger partial charge < -0.3 is 15.0 Å². The van der Waals surface area contributed by atoms with Gasteiger partial charge in [-0.1, -0.05) is 6.07 Å². The van der Waals surface area contributed by atoms with Gasteiger partial charge in [0.2, 0.25) is 21.8 Å². The number of rotatable bonds is 5. The summed E-state index contributed by atoms with van der Waals surface area (Å²) in [7, 11) is -2.20. The largest absolute Gasteiger partial charge is 0.497 e. The molecule has 2 aromatic carbocycles. The van der Waals surface area contributed by atoms with Crippen molar-refractivity contribution in [1.29, 1.82) is 0 Å². The molecule has 0 aromatic heterocycles. The number of amides is 2. The van der Waals surface area contributed by atoms with Gasteiger partial charge in [0, 0.05) is 43.5 Å². The van der Waals surface area contributed by atoms with Gasteiger partial charge in [-0.15, -0.1) is 0 Å². The van der Waals surface area contributed by atoms with Crippen LogP contribution < -0.4 is 15.0 Å². The molecule has 1 saturated heterocycles. The van der Waals surface area contributed by atoms with Crippen molar-refractivity contribution in [3.63, 3.8) is 0 Å². The molecule has 0 unspecified atom stereocenters. The van der Waals surface area contributed by atoms with E-state index < -0.39 is 15.9 Å². The zero-order valence-corrected chi connectivity index (χ0v) is 19.9. The molecule has 0 aliphatic carbocycles. The van der Waals surface area contributed by atoms with E-state index in [2.05, 4.69) is 5.32 Å². The molecule has 2 aliphatic rings. The van der Waals surface area contributed by atoms with E-state index in [-0.39, 0.29) is 29.3 Å². The lowest BCUT2D eigenvalue weighted by Gasteiger charge is -2.31. The Bertz CT molecular complexity index is 1180. The highest BCUT2D eigenvalue weighted by molar-refractivity contribution is 7.89. The van der Waals surface area contributed by atoms with Crippen molar-refractivity contribution < 1.29 is 22.7 Å². The van der Waals surface area contributed by atoms with Crippen LogP contribution in [0.1, 0.15) is 32.3 Å². The molecule has 0 bridgehead atoms. The van der Waals surface area contributed by atoms with Gasteiger partial charge in [0.15, 0.2) is 0 Å². The van der Waals surface area contributed by atoms with Crippen LogP contribution in [0.2, 0.25) is 0 Å². The van der Waals surface area contributed by atoms with E-state index in [1.807, 2.05) is 6.92 Å². The Morgan fingerprint density at radius 2 is 1.94 bits per heavy atom. The van der Waals surface area contributed by atoms with Gasteiger partial charge in [-0.25, -0.2) is 8.42 Å². The van der Waals surface area contributed by atoms with Gasteiger partial charge in [0.05, 0.1) is 17.9 Å². The molecular weight excluding hydrogens is 442 g/mol. The minimum absolute atomic E-state index is 0.00451. The van der Waals surface area contributed by atoms with Gasteiger partial charge in [-0.3, -0.25) is 9.59 Å². The molecule has 176 valence electrons. The quantitative estimate of drug-likeness (QED) is 0.723. The number of methoxy groups -OCH3 is 1. The number of carbonyl (C=O) groups excluding carboxylic acids is 2. The number of anilines is 2. The molecule has 2 aliphatic heterocycles. The zero-order chi connectivity index (χ0) is 23.8. The summed E-state index contributed by atoms with van der Waals surface area (Å²) in [5, 5.41) is 2.87. The number of nitrogens with zero attached hydrogens (tertiary/aromatic N) is 2. The fourth-order valence-electron chi connectivity index (χ4n) is 4.72. The third kappa shape index (κ3) is 4.60. The van der Waals surface area contributed by atoms with E-state index in [9.17, 15) is 18.0 Å². The molecule has 0 spiro atoms. The Morgan fingerprint density at radius 3 is 2.67 bits per heavy atom. The van der Waals surface area contributed by atoms with Crippen LogP contribution in [0.3, 0.4) is 0 Å². The second kappa shape index (κ2) is 9.15. The number of piperidine rings is 1. The Kier molecular flexibility index (Phi) is 6.45. The zero-order valence-electron chi connectivity index (χ0n) is 19.1. The van der Waals surface area contributed by atoms with Crippen LogP contribution in [-0.2, 0) is 26.0 Å². The molecule has 9 heteroatoms. The Balaban J connectivity index is 1.50. The number of sulfonamides is 1. The molecule has 0 radical (unpaired) electrons. The molecule has 4 rings (SSSR count). The summed E-state index contributed by atoms with van der Waals surface area (Å²) in [4.78, 5) is 26.7. The first-order chi connectivity index (χ1) is 15.7. The molecule has 33 heavy (non-hydrogen) atoms. The summed E-state index contributed by atoms with van der Waals surface area (Å²) in [5.74, 6) is -0.0712. The van der Waals surface area contributed by atoms with E-state index in [0.29, 0.717) is 37.2 Å². The van der Waals surface area contributed by atoms with Gasteiger partial charge in [-0.05, 0) is 62.1 Å². The smallest absolute Gasteiger partial charge is 0.243 e. The van der Waals surface area contributed by atoms with Gasteiger partial charge >= 0.3 is 0 Å². The van der Waals surface area contributed by atoms with E-state index >= 15 is 0 Å². The first-order valence-corrected chi connectivity index (χ1v) is 12.5. The number of fused-ring (bicyclic) bond motifs is 1. The van der Waals surface area contributed by atoms with Crippen molar-refractivity contribution in [3.05, 3.63) is 48.0 Å². The lowest BCUT2D eigenvalue weighted by molar-refractivity contribution is -0.121. The summed E-state index contributed by atoms with van der Waals surface area (Å²) in [5.41, 5.74) is 2.23. The van der Waals surface area contributed by atoms with Gasteiger partial charge in [-0.2, -0.15) is 4.31 Å². The predicted octanol–water partition coefficient (Wildman–Crippen LogP) is 3.03. The Labute approximate surface area is 194 Å². The van der Waals surface area contributed by atoms with Crippen molar-refractivity contribution in [3.8, 4) is 5.75 Å². The molecule has 1 fully saturated rings. The number of benzene rings is 2. The van der Waals surface area contributed by atoms with Crippen LogP contribution in [0.5, 0.6) is 5.75 Å². The van der Waals surface area contributed by atoms with Crippen LogP contribution in [-0.4, -0.2) is 50.8 Å².